The number of carbonyl (C=O) groups excluding carboxylic acids is 4. The lowest BCUT2D eigenvalue weighted by molar-refractivity contribution is -0.138. The zero-order valence-corrected chi connectivity index (χ0v) is 29.4. The van der Waals surface area contributed by atoms with Gasteiger partial charge in [-0.05, 0) is 102 Å². The molecule has 0 spiro atoms. The van der Waals surface area contributed by atoms with E-state index in [1.165, 1.54) is 29.2 Å². The molecule has 2 N–H and O–H groups in total. The first-order chi connectivity index (χ1) is 25.6. The quantitative estimate of drug-likeness (QED) is 0.139. The third-order valence-electron chi connectivity index (χ3n) is 11.6. The highest BCUT2D eigenvalue weighted by molar-refractivity contribution is 6.31. The lowest BCUT2D eigenvalue weighted by Crippen LogP contribution is -2.53. The highest BCUT2D eigenvalue weighted by atomic mass is 35.5. The number of halogens is 3. The molecule has 0 radical (unpaired) electrons. The second kappa shape index (κ2) is 12.3. The Hall–Kier alpha value is -5.51. The van der Waals surface area contributed by atoms with E-state index in [4.69, 9.17) is 23.2 Å². The number of phenols is 1. The maximum atomic E-state index is 15.4. The van der Waals surface area contributed by atoms with Crippen molar-refractivity contribution in [3.63, 3.8) is 0 Å². The van der Waals surface area contributed by atoms with Crippen molar-refractivity contribution in [3.05, 3.63) is 148 Å². The molecular formula is C42H30Cl2FN3O5. The van der Waals surface area contributed by atoms with Crippen molar-refractivity contribution in [1.29, 1.82) is 0 Å². The van der Waals surface area contributed by atoms with E-state index in [9.17, 15) is 23.9 Å². The standard InChI is InChI=1S/C42H30Cl2FN3O5/c43-24-8-6-23(7-9-24)42-33(39(51)48(41(42)53)46-27-14-12-26(45)13-15-27)21-32-30(37(42)36-29-4-2-1-3-22(29)5-20-34(36)49)18-19-31-35(32)40(52)47(38(31)50)28-16-10-25(44)11-17-28/h1-18,20,31-33,35,37,46,49H,19,21H2. The maximum absolute atomic E-state index is 15.4. The molecule has 2 saturated heterocycles. The molecule has 0 bridgehead atoms. The molecule has 0 aromatic heterocycles. The number of nitrogens with one attached hydrogen (secondary N) is 1. The van der Waals surface area contributed by atoms with Crippen LogP contribution in [0.1, 0.15) is 29.9 Å². The average molecular weight is 747 g/mol. The highest BCUT2D eigenvalue weighted by Gasteiger charge is 2.71. The second-order valence-electron chi connectivity index (χ2n) is 14.1. The van der Waals surface area contributed by atoms with Gasteiger partial charge in [0, 0.05) is 21.5 Å². The molecule has 1 saturated carbocycles. The lowest BCUT2D eigenvalue weighted by atomic mass is 9.48. The van der Waals surface area contributed by atoms with E-state index in [1.807, 2.05) is 30.3 Å². The molecule has 8 nitrogen and oxygen atoms in total. The molecule has 3 fully saturated rings. The van der Waals surface area contributed by atoms with Gasteiger partial charge in [-0.25, -0.2) is 4.39 Å². The Labute approximate surface area is 313 Å². The second-order valence-corrected chi connectivity index (χ2v) is 15.0. The molecule has 6 atom stereocenters. The zero-order chi connectivity index (χ0) is 36.8. The third-order valence-corrected chi connectivity index (χ3v) is 12.1. The van der Waals surface area contributed by atoms with E-state index in [-0.39, 0.29) is 24.5 Å². The third kappa shape index (κ3) is 4.87. The number of hydrogen-bond acceptors (Lipinski definition) is 6. The number of nitrogens with zero attached hydrogens (tertiary/aromatic N) is 2. The number of carbonyl (C=O) groups is 4. The van der Waals surface area contributed by atoms with Crippen molar-refractivity contribution in [3.8, 4) is 5.75 Å². The normalized spacial score (nSPS) is 26.4. The number of fused-ring (bicyclic) bond motifs is 5. The Kier molecular flexibility index (Phi) is 7.73. The fourth-order valence-electron chi connectivity index (χ4n) is 9.40. The van der Waals surface area contributed by atoms with E-state index in [0.717, 1.165) is 10.4 Å². The number of benzene rings is 5. The summed E-state index contributed by atoms with van der Waals surface area (Å²) in [5.74, 6) is -6.60. The Morgan fingerprint density at radius 2 is 1.43 bits per heavy atom. The molecule has 11 heteroatoms. The molecule has 264 valence electrons. The van der Waals surface area contributed by atoms with Crippen LogP contribution in [0.4, 0.5) is 15.8 Å². The van der Waals surface area contributed by atoms with Crippen molar-refractivity contribution in [2.75, 3.05) is 10.3 Å². The van der Waals surface area contributed by atoms with Crippen LogP contribution in [0.2, 0.25) is 10.0 Å². The van der Waals surface area contributed by atoms with Gasteiger partial charge in [-0.2, -0.15) is 5.01 Å². The Morgan fingerprint density at radius 1 is 0.755 bits per heavy atom. The smallest absolute Gasteiger partial charge is 0.260 e. The van der Waals surface area contributed by atoms with Crippen LogP contribution in [0.5, 0.6) is 5.75 Å². The largest absolute Gasteiger partial charge is 0.508 e. The molecule has 6 unspecified atom stereocenters. The molecule has 5 aromatic carbocycles. The molecule has 4 aliphatic rings. The predicted molar refractivity (Wildman–Crippen MR) is 199 cm³/mol. The average Bonchev–Trinajstić information content (AvgIpc) is 3.54. The van der Waals surface area contributed by atoms with Crippen LogP contribution in [0.15, 0.2) is 121 Å². The van der Waals surface area contributed by atoms with Gasteiger partial charge < -0.3 is 5.11 Å². The first kappa shape index (κ1) is 33.3. The number of hydrazine groups is 1. The summed E-state index contributed by atoms with van der Waals surface area (Å²) in [5.41, 5.74) is 3.68. The van der Waals surface area contributed by atoms with Crippen molar-refractivity contribution in [2.45, 2.75) is 24.2 Å². The monoisotopic (exact) mass is 745 g/mol. The molecule has 5 aromatic rings. The predicted octanol–water partition coefficient (Wildman–Crippen LogP) is 8.18. The van der Waals surface area contributed by atoms with Crippen LogP contribution in [-0.4, -0.2) is 33.7 Å². The molecule has 9 rings (SSSR count). The van der Waals surface area contributed by atoms with Crippen molar-refractivity contribution < 1.29 is 28.7 Å². The van der Waals surface area contributed by atoms with Gasteiger partial charge in [0.25, 0.3) is 11.8 Å². The number of phenolic OH excluding ortho intramolecular Hbond substituents is 1. The van der Waals surface area contributed by atoms with Gasteiger partial charge in [-0.15, -0.1) is 0 Å². The van der Waals surface area contributed by atoms with Crippen LogP contribution >= 0.6 is 23.2 Å². The summed E-state index contributed by atoms with van der Waals surface area (Å²) in [6.07, 6.45) is 2.22. The molecule has 53 heavy (non-hydrogen) atoms. The van der Waals surface area contributed by atoms with Gasteiger partial charge in [0.15, 0.2) is 0 Å². The minimum atomic E-state index is -1.63. The number of aromatic hydroxyl groups is 1. The van der Waals surface area contributed by atoms with Gasteiger partial charge in [0.1, 0.15) is 11.6 Å². The lowest BCUT2D eigenvalue weighted by Gasteiger charge is -2.51. The number of amides is 4. The molecule has 2 heterocycles. The minimum absolute atomic E-state index is 0.0668. The summed E-state index contributed by atoms with van der Waals surface area (Å²) in [6, 6.07) is 29.5. The molecule has 2 aliphatic carbocycles. The van der Waals surface area contributed by atoms with E-state index in [1.54, 1.807) is 60.7 Å². The fraction of sp³-hybridized carbons (Fsp3) is 0.190. The van der Waals surface area contributed by atoms with E-state index in [0.29, 0.717) is 43.5 Å². The van der Waals surface area contributed by atoms with Gasteiger partial charge in [-0.1, -0.05) is 77.3 Å². The number of anilines is 2. The summed E-state index contributed by atoms with van der Waals surface area (Å²) in [6.45, 7) is 0. The van der Waals surface area contributed by atoms with Crippen molar-refractivity contribution >= 4 is 69.0 Å². The first-order valence-corrected chi connectivity index (χ1v) is 18.1. The Bertz CT molecular complexity index is 2400. The summed E-state index contributed by atoms with van der Waals surface area (Å²) in [7, 11) is 0. The van der Waals surface area contributed by atoms with Gasteiger partial charge in [-0.3, -0.25) is 29.5 Å². The zero-order valence-electron chi connectivity index (χ0n) is 27.9. The highest BCUT2D eigenvalue weighted by Crippen LogP contribution is 2.65. The maximum Gasteiger partial charge on any atom is 0.260 e. The summed E-state index contributed by atoms with van der Waals surface area (Å²) in [4.78, 5) is 60.1. The van der Waals surface area contributed by atoms with Crippen LogP contribution in [0.25, 0.3) is 10.8 Å². The van der Waals surface area contributed by atoms with Crippen LogP contribution in [0, 0.1) is 29.5 Å². The fourth-order valence-corrected chi connectivity index (χ4v) is 9.65. The van der Waals surface area contributed by atoms with Gasteiger partial charge in [0.05, 0.1) is 34.5 Å². The topological polar surface area (TPSA) is 107 Å². The van der Waals surface area contributed by atoms with Crippen molar-refractivity contribution in [1.82, 2.24) is 5.01 Å². The SMILES string of the molecule is O=C1C2CC3C(=CCC4C(=O)N(c5ccc(Cl)cc5)C(=O)C43)C(c3c(O)ccc4ccccc34)C2(c2ccc(Cl)cc2)C(=O)N1Nc1ccc(F)cc1. The molecule has 4 amide bonds. The number of allylic oxidation sites excluding steroid dienone is 2. The van der Waals surface area contributed by atoms with Crippen LogP contribution in [-0.2, 0) is 24.6 Å². The minimum Gasteiger partial charge on any atom is -0.508 e. The van der Waals surface area contributed by atoms with Crippen LogP contribution < -0.4 is 10.3 Å². The number of rotatable bonds is 5. The van der Waals surface area contributed by atoms with Gasteiger partial charge >= 0.3 is 0 Å². The van der Waals surface area contributed by atoms with Crippen molar-refractivity contribution in [2.24, 2.45) is 23.7 Å². The summed E-state index contributed by atoms with van der Waals surface area (Å²) >= 11 is 12.5. The molecular weight excluding hydrogens is 716 g/mol. The van der Waals surface area contributed by atoms with Crippen LogP contribution in [0.3, 0.4) is 0 Å². The Balaban J connectivity index is 1.29. The van der Waals surface area contributed by atoms with E-state index in [2.05, 4.69) is 5.43 Å². The number of hydrogen-bond donors (Lipinski definition) is 2. The first-order valence-electron chi connectivity index (χ1n) is 17.3. The summed E-state index contributed by atoms with van der Waals surface area (Å²) < 4.78 is 13.9. The number of imide groups is 2. The molecule has 2 aliphatic heterocycles. The Morgan fingerprint density at radius 3 is 2.15 bits per heavy atom. The van der Waals surface area contributed by atoms with E-state index < -0.39 is 58.5 Å². The van der Waals surface area contributed by atoms with Gasteiger partial charge in [0.2, 0.25) is 11.8 Å². The van der Waals surface area contributed by atoms with E-state index >= 15 is 4.79 Å². The summed E-state index contributed by atoms with van der Waals surface area (Å²) in [5, 5.41) is 15.3.